The molecular formula is C21H32N2O6. The highest BCUT2D eigenvalue weighted by molar-refractivity contribution is 5.70. The minimum Gasteiger partial charge on any atom is -0.466 e. The smallest absolute Gasteiger partial charge is 0.410 e. The zero-order valence-electron chi connectivity index (χ0n) is 17.6. The number of benzene rings is 1. The van der Waals surface area contributed by atoms with Crippen LogP contribution in [0, 0.1) is 0 Å². The number of aliphatic hydroxyl groups is 2. The van der Waals surface area contributed by atoms with Crippen molar-refractivity contribution in [3.63, 3.8) is 0 Å². The number of rotatable bonds is 6. The average Bonchev–Trinajstić information content (AvgIpc) is 2.66. The molecule has 0 aliphatic carbocycles. The molecule has 2 unspecified atom stereocenters. The first kappa shape index (κ1) is 23.0. The largest absolute Gasteiger partial charge is 0.466 e. The summed E-state index contributed by atoms with van der Waals surface area (Å²) in [6, 6.07) is 7.18. The molecule has 2 rings (SSSR count). The van der Waals surface area contributed by atoms with E-state index in [1.807, 2.05) is 32.9 Å². The first-order valence-corrected chi connectivity index (χ1v) is 9.95. The van der Waals surface area contributed by atoms with Crippen LogP contribution in [0.1, 0.15) is 45.8 Å². The number of nitrogens with zero attached hydrogens (tertiary/aromatic N) is 2. The number of aliphatic hydroxyl groups excluding tert-OH is 2. The quantitative estimate of drug-likeness (QED) is 0.695. The van der Waals surface area contributed by atoms with E-state index in [4.69, 9.17) is 9.47 Å². The standard InChI is InChI=1S/C21H32N2O6/c1-5-28-18(25)14-17(24)19(26)15-6-8-16(9-7-15)22-10-12-23(13-11-22)20(27)29-21(2,3)4/h6-9,17,19,24,26H,5,10-14H2,1-4H3. The van der Waals surface area contributed by atoms with Gasteiger partial charge in [0.15, 0.2) is 0 Å². The number of anilines is 1. The number of carbonyl (C=O) groups is 2. The van der Waals surface area contributed by atoms with Crippen molar-refractivity contribution in [1.29, 1.82) is 0 Å². The molecule has 1 aliphatic rings. The van der Waals surface area contributed by atoms with Crippen LogP contribution in [0.2, 0.25) is 0 Å². The Morgan fingerprint density at radius 1 is 1.07 bits per heavy atom. The van der Waals surface area contributed by atoms with E-state index in [0.29, 0.717) is 31.7 Å². The van der Waals surface area contributed by atoms with Crippen LogP contribution in [0.4, 0.5) is 10.5 Å². The molecular weight excluding hydrogens is 376 g/mol. The van der Waals surface area contributed by atoms with Crippen LogP contribution in [-0.4, -0.2) is 71.7 Å². The first-order valence-electron chi connectivity index (χ1n) is 9.95. The predicted octanol–water partition coefficient (Wildman–Crippen LogP) is 2.09. The van der Waals surface area contributed by atoms with Gasteiger partial charge in [-0.1, -0.05) is 12.1 Å². The van der Waals surface area contributed by atoms with Crippen LogP contribution < -0.4 is 4.90 Å². The van der Waals surface area contributed by atoms with E-state index in [1.54, 1.807) is 24.0 Å². The molecule has 0 radical (unpaired) electrons. The summed E-state index contributed by atoms with van der Waals surface area (Å²) in [5.74, 6) is -0.543. The molecule has 29 heavy (non-hydrogen) atoms. The summed E-state index contributed by atoms with van der Waals surface area (Å²) in [6.07, 6.45) is -2.95. The van der Waals surface area contributed by atoms with E-state index in [9.17, 15) is 19.8 Å². The van der Waals surface area contributed by atoms with Crippen LogP contribution in [0.5, 0.6) is 0 Å². The first-order chi connectivity index (χ1) is 13.6. The molecule has 0 bridgehead atoms. The van der Waals surface area contributed by atoms with E-state index < -0.39 is 23.8 Å². The third-order valence-electron chi connectivity index (χ3n) is 4.58. The number of piperazine rings is 1. The highest BCUT2D eigenvalue weighted by atomic mass is 16.6. The van der Waals surface area contributed by atoms with Gasteiger partial charge in [0.2, 0.25) is 0 Å². The van der Waals surface area contributed by atoms with Crippen LogP contribution in [-0.2, 0) is 14.3 Å². The Morgan fingerprint density at radius 2 is 1.66 bits per heavy atom. The van der Waals surface area contributed by atoms with Gasteiger partial charge in [-0.2, -0.15) is 0 Å². The number of esters is 1. The molecule has 8 nitrogen and oxygen atoms in total. The number of hydrogen-bond donors (Lipinski definition) is 2. The second-order valence-corrected chi connectivity index (χ2v) is 8.07. The number of carbonyl (C=O) groups excluding carboxylic acids is 2. The maximum atomic E-state index is 12.2. The molecule has 0 aromatic heterocycles. The monoisotopic (exact) mass is 408 g/mol. The number of amides is 1. The third kappa shape index (κ3) is 6.90. The summed E-state index contributed by atoms with van der Waals surface area (Å²) in [5.41, 5.74) is 0.977. The Hall–Kier alpha value is -2.32. The summed E-state index contributed by atoms with van der Waals surface area (Å²) < 4.78 is 10.2. The fourth-order valence-corrected chi connectivity index (χ4v) is 3.08. The van der Waals surface area contributed by atoms with Crippen molar-refractivity contribution in [2.45, 2.75) is 51.9 Å². The fourth-order valence-electron chi connectivity index (χ4n) is 3.08. The van der Waals surface area contributed by atoms with Crippen molar-refractivity contribution in [2.75, 3.05) is 37.7 Å². The normalized spacial score (nSPS) is 16.9. The van der Waals surface area contributed by atoms with E-state index in [-0.39, 0.29) is 19.1 Å². The van der Waals surface area contributed by atoms with E-state index in [2.05, 4.69) is 4.90 Å². The molecule has 1 aliphatic heterocycles. The zero-order chi connectivity index (χ0) is 21.6. The Bertz CT molecular complexity index is 677. The second-order valence-electron chi connectivity index (χ2n) is 8.07. The van der Waals surface area contributed by atoms with Crippen LogP contribution in [0.3, 0.4) is 0 Å². The SMILES string of the molecule is CCOC(=O)CC(O)C(O)c1ccc(N2CCN(C(=O)OC(C)(C)C)CC2)cc1. The molecule has 0 spiro atoms. The fraction of sp³-hybridized carbons (Fsp3) is 0.619. The van der Waals surface area contributed by atoms with Crippen LogP contribution in [0.15, 0.2) is 24.3 Å². The zero-order valence-corrected chi connectivity index (χ0v) is 17.6. The van der Waals surface area contributed by atoms with Crippen molar-refractivity contribution < 1.29 is 29.3 Å². The Morgan fingerprint density at radius 3 is 2.17 bits per heavy atom. The maximum Gasteiger partial charge on any atom is 0.410 e. The lowest BCUT2D eigenvalue weighted by Gasteiger charge is -2.36. The molecule has 1 aromatic carbocycles. The Balaban J connectivity index is 1.89. The molecule has 1 fully saturated rings. The lowest BCUT2D eigenvalue weighted by atomic mass is 10.0. The van der Waals surface area contributed by atoms with Gasteiger partial charge in [-0.05, 0) is 45.4 Å². The van der Waals surface area contributed by atoms with Gasteiger partial charge in [-0.25, -0.2) is 4.79 Å². The lowest BCUT2D eigenvalue weighted by Crippen LogP contribution is -2.50. The van der Waals surface area contributed by atoms with Gasteiger partial charge < -0.3 is 29.5 Å². The van der Waals surface area contributed by atoms with E-state index in [0.717, 1.165) is 5.69 Å². The van der Waals surface area contributed by atoms with E-state index in [1.165, 1.54) is 0 Å². The van der Waals surface area contributed by atoms with Crippen LogP contribution in [0.25, 0.3) is 0 Å². The summed E-state index contributed by atoms with van der Waals surface area (Å²) >= 11 is 0. The lowest BCUT2D eigenvalue weighted by molar-refractivity contribution is -0.147. The maximum absolute atomic E-state index is 12.2. The summed E-state index contributed by atoms with van der Waals surface area (Å²) in [7, 11) is 0. The molecule has 1 amide bonds. The van der Waals surface area contributed by atoms with Gasteiger partial charge in [-0.15, -0.1) is 0 Å². The summed E-state index contributed by atoms with van der Waals surface area (Å²) in [4.78, 5) is 27.5. The Labute approximate surface area is 172 Å². The van der Waals surface area contributed by atoms with Crippen molar-refractivity contribution in [1.82, 2.24) is 4.90 Å². The second kappa shape index (κ2) is 9.93. The van der Waals surface area contributed by atoms with Gasteiger partial charge >= 0.3 is 12.1 Å². The molecule has 1 heterocycles. The number of ether oxygens (including phenoxy) is 2. The van der Waals surface area contributed by atoms with Gasteiger partial charge in [0.1, 0.15) is 11.7 Å². The minimum absolute atomic E-state index is 0.234. The van der Waals surface area contributed by atoms with Crippen molar-refractivity contribution in [3.8, 4) is 0 Å². The molecule has 162 valence electrons. The highest BCUT2D eigenvalue weighted by Gasteiger charge is 2.26. The highest BCUT2D eigenvalue weighted by Crippen LogP contribution is 2.24. The van der Waals surface area contributed by atoms with Crippen molar-refractivity contribution in [3.05, 3.63) is 29.8 Å². The molecule has 0 saturated carbocycles. The van der Waals surface area contributed by atoms with Gasteiger partial charge in [0.25, 0.3) is 0 Å². The minimum atomic E-state index is -1.22. The van der Waals surface area contributed by atoms with E-state index >= 15 is 0 Å². The van der Waals surface area contributed by atoms with Crippen molar-refractivity contribution >= 4 is 17.7 Å². The molecule has 1 aromatic rings. The molecule has 8 heteroatoms. The van der Waals surface area contributed by atoms with Crippen molar-refractivity contribution in [2.24, 2.45) is 0 Å². The topological polar surface area (TPSA) is 99.5 Å². The Kier molecular flexibility index (Phi) is 7.87. The summed E-state index contributed by atoms with van der Waals surface area (Å²) in [6.45, 7) is 9.95. The summed E-state index contributed by atoms with van der Waals surface area (Å²) in [5, 5.41) is 20.3. The third-order valence-corrected chi connectivity index (χ3v) is 4.58. The average molecular weight is 408 g/mol. The van der Waals surface area contributed by atoms with Gasteiger partial charge in [0.05, 0.1) is 19.1 Å². The van der Waals surface area contributed by atoms with Gasteiger partial charge in [0, 0.05) is 31.9 Å². The predicted molar refractivity (Wildman–Crippen MR) is 109 cm³/mol. The molecule has 2 atom stereocenters. The molecule has 1 saturated heterocycles. The van der Waals surface area contributed by atoms with Crippen LogP contribution >= 0.6 is 0 Å². The number of hydrogen-bond acceptors (Lipinski definition) is 7. The van der Waals surface area contributed by atoms with Gasteiger partial charge in [-0.3, -0.25) is 4.79 Å². The molecule has 2 N–H and O–H groups in total.